The average molecular weight is 599 g/mol. The van der Waals surface area contributed by atoms with Crippen LogP contribution in [-0.4, -0.2) is 39.7 Å². The van der Waals surface area contributed by atoms with Gasteiger partial charge in [0, 0.05) is 29.5 Å². The third-order valence-electron chi connectivity index (χ3n) is 5.82. The molecule has 0 bridgehead atoms. The molecule has 12 nitrogen and oxygen atoms in total. The molecule has 0 saturated carbocycles. The summed E-state index contributed by atoms with van der Waals surface area (Å²) in [6.45, 7) is 2.44. The Bertz CT molecular complexity index is 1770. The lowest BCUT2D eigenvalue weighted by Crippen LogP contribution is -2.49. The predicted octanol–water partition coefficient (Wildman–Crippen LogP) is 3.14. The number of amides is 1. The van der Waals surface area contributed by atoms with Gasteiger partial charge in [0.05, 0.1) is 18.2 Å². The first-order chi connectivity index (χ1) is 19.3. The first kappa shape index (κ1) is 29.5. The Kier molecular flexibility index (Phi) is 8.59. The van der Waals surface area contributed by atoms with E-state index in [-0.39, 0.29) is 12.5 Å². The van der Waals surface area contributed by atoms with Crippen molar-refractivity contribution in [2.45, 2.75) is 26.9 Å². The minimum Gasteiger partial charge on any atom is -0.439 e. The molecule has 0 saturated heterocycles. The van der Waals surface area contributed by atoms with Crippen LogP contribution in [0.25, 0.3) is 0 Å². The van der Waals surface area contributed by atoms with Crippen LogP contribution in [0.15, 0.2) is 82.5 Å². The summed E-state index contributed by atoms with van der Waals surface area (Å²) in [5, 5.41) is 3.51. The molecule has 0 radical (unpaired) electrons. The second kappa shape index (κ2) is 11.9. The van der Waals surface area contributed by atoms with Crippen LogP contribution in [0.3, 0.4) is 0 Å². The number of hydrogen-bond acceptors (Lipinski definition) is 9. The number of carbonyl (C=O) groups excluding carboxylic acids is 1. The second-order valence-electron chi connectivity index (χ2n) is 9.81. The van der Waals surface area contributed by atoms with Crippen molar-refractivity contribution in [1.29, 1.82) is 0 Å². The van der Waals surface area contributed by atoms with Gasteiger partial charge in [-0.25, -0.2) is 27.6 Å². The average Bonchev–Trinajstić information content (AvgIpc) is 2.90. The minimum absolute atomic E-state index is 0.0163. The summed E-state index contributed by atoms with van der Waals surface area (Å²) in [7, 11) is -3.85. The van der Waals surface area contributed by atoms with Crippen molar-refractivity contribution in [3.63, 3.8) is 0 Å². The van der Waals surface area contributed by atoms with Gasteiger partial charge in [-0.05, 0) is 61.9 Å². The number of hydrogen-bond donors (Lipinski definition) is 2. The van der Waals surface area contributed by atoms with E-state index in [2.05, 4.69) is 15.3 Å². The van der Waals surface area contributed by atoms with E-state index in [9.17, 15) is 22.8 Å². The monoisotopic (exact) mass is 598 g/mol. The fraction of sp³-hybridized carbons (Fsp3) is 0.222. The highest BCUT2D eigenvalue weighted by Crippen LogP contribution is 2.23. The van der Waals surface area contributed by atoms with E-state index in [1.54, 1.807) is 72.9 Å². The van der Waals surface area contributed by atoms with E-state index in [1.807, 2.05) is 4.72 Å². The van der Waals surface area contributed by atoms with E-state index in [1.165, 1.54) is 18.4 Å². The van der Waals surface area contributed by atoms with Gasteiger partial charge in [-0.2, -0.15) is 4.98 Å². The zero-order chi connectivity index (χ0) is 29.8. The smallest absolute Gasteiger partial charge is 0.354 e. The van der Waals surface area contributed by atoms with Crippen LogP contribution in [0.5, 0.6) is 11.6 Å². The van der Waals surface area contributed by atoms with Gasteiger partial charge in [-0.3, -0.25) is 14.1 Å². The van der Waals surface area contributed by atoms with Gasteiger partial charge in [-0.1, -0.05) is 29.8 Å². The number of anilines is 2. The van der Waals surface area contributed by atoms with E-state index in [4.69, 9.17) is 16.3 Å². The van der Waals surface area contributed by atoms with Crippen LogP contribution in [0.1, 0.15) is 19.4 Å². The van der Waals surface area contributed by atoms with Gasteiger partial charge in [0.2, 0.25) is 27.8 Å². The molecule has 2 aromatic carbocycles. The van der Waals surface area contributed by atoms with Gasteiger partial charge in [0.15, 0.2) is 0 Å². The number of benzene rings is 2. The Morgan fingerprint density at radius 1 is 1.00 bits per heavy atom. The molecule has 4 aromatic rings. The summed E-state index contributed by atoms with van der Waals surface area (Å²) in [6.07, 6.45) is 2.45. The first-order valence-corrected chi connectivity index (χ1v) is 14.5. The highest BCUT2D eigenvalue weighted by molar-refractivity contribution is 7.89. The highest BCUT2D eigenvalue weighted by Gasteiger charge is 2.32. The number of ether oxygens (including phenoxy) is 1. The number of nitrogens with one attached hydrogen (secondary N) is 2. The van der Waals surface area contributed by atoms with Crippen molar-refractivity contribution >= 4 is 39.2 Å². The zero-order valence-corrected chi connectivity index (χ0v) is 23.9. The second-order valence-corrected chi connectivity index (χ2v) is 12.0. The van der Waals surface area contributed by atoms with Crippen molar-refractivity contribution in [2.24, 2.45) is 5.41 Å². The van der Waals surface area contributed by atoms with Crippen LogP contribution in [-0.2, 0) is 27.9 Å². The van der Waals surface area contributed by atoms with E-state index >= 15 is 0 Å². The topological polar surface area (TPSA) is 154 Å². The number of carbonyl (C=O) groups is 1. The maximum absolute atomic E-state index is 13.7. The summed E-state index contributed by atoms with van der Waals surface area (Å²) < 4.78 is 32.8. The highest BCUT2D eigenvalue weighted by atomic mass is 35.5. The maximum Gasteiger partial charge on any atom is 0.354 e. The molecule has 14 heteroatoms. The molecule has 2 heterocycles. The Morgan fingerprint density at radius 2 is 1.68 bits per heavy atom. The molecule has 214 valence electrons. The third kappa shape index (κ3) is 7.80. The molecule has 1 amide bonds. The van der Waals surface area contributed by atoms with Crippen LogP contribution in [0.2, 0.25) is 5.02 Å². The largest absolute Gasteiger partial charge is 0.439 e. The Hall–Kier alpha value is -4.49. The Morgan fingerprint density at radius 3 is 2.29 bits per heavy atom. The van der Waals surface area contributed by atoms with Gasteiger partial charge < -0.3 is 10.1 Å². The van der Waals surface area contributed by atoms with Crippen molar-refractivity contribution in [1.82, 2.24) is 23.8 Å². The number of pyridine rings is 1. The number of nitrogens with zero attached hydrogens (tertiary/aromatic N) is 4. The lowest BCUT2D eigenvalue weighted by Gasteiger charge is -2.24. The summed E-state index contributed by atoms with van der Waals surface area (Å²) >= 11 is 6.01. The summed E-state index contributed by atoms with van der Waals surface area (Å²) in [5.74, 6) is 0.0305. The molecule has 0 spiro atoms. The van der Waals surface area contributed by atoms with E-state index in [0.29, 0.717) is 27.9 Å². The minimum atomic E-state index is -3.85. The predicted molar refractivity (Wildman–Crippen MR) is 154 cm³/mol. The molecule has 0 atom stereocenters. The zero-order valence-electron chi connectivity index (χ0n) is 22.4. The summed E-state index contributed by atoms with van der Waals surface area (Å²) in [4.78, 5) is 47.5. The molecule has 0 aliphatic heterocycles. The normalized spacial score (nSPS) is 11.6. The Labute approximate surface area is 240 Å². The fourth-order valence-electron chi connectivity index (χ4n) is 3.71. The van der Waals surface area contributed by atoms with Crippen molar-refractivity contribution < 1.29 is 17.9 Å². The first-order valence-electron chi connectivity index (χ1n) is 12.2. The van der Waals surface area contributed by atoms with E-state index < -0.39 is 39.3 Å². The van der Waals surface area contributed by atoms with Crippen LogP contribution >= 0.6 is 11.6 Å². The molecule has 4 rings (SSSR count). The lowest BCUT2D eigenvalue weighted by molar-refractivity contribution is -0.128. The third-order valence-corrected chi connectivity index (χ3v) is 6.63. The molecule has 2 N–H and O–H groups in total. The standard InChI is InChI=1S/C27H27ClN6O6S/c1-27(2,23(35)32-41(3,38)39)17-34-25(36)31-24(33(26(34)37)16-18-7-9-19(28)10-8-18)30-20-11-13-21(14-12-20)40-22-6-4-5-15-29-22/h4-15H,16-17H2,1-3H3,(H,32,35)(H,30,31,36). The molecule has 2 aromatic heterocycles. The number of sulfonamides is 1. The number of rotatable bonds is 10. The lowest BCUT2D eigenvalue weighted by atomic mass is 9.93. The quantitative estimate of drug-likeness (QED) is 0.280. The molecular weight excluding hydrogens is 572 g/mol. The number of aromatic nitrogens is 4. The van der Waals surface area contributed by atoms with Crippen LogP contribution in [0, 0.1) is 5.41 Å². The van der Waals surface area contributed by atoms with Crippen molar-refractivity contribution in [2.75, 3.05) is 11.6 Å². The van der Waals surface area contributed by atoms with Crippen LogP contribution < -0.4 is 26.2 Å². The van der Waals surface area contributed by atoms with Crippen molar-refractivity contribution in [3.8, 4) is 11.6 Å². The van der Waals surface area contributed by atoms with Gasteiger partial charge in [-0.15, -0.1) is 0 Å². The molecule has 0 unspecified atom stereocenters. The van der Waals surface area contributed by atoms with Crippen molar-refractivity contribution in [3.05, 3.63) is 104 Å². The summed E-state index contributed by atoms with van der Waals surface area (Å²) in [6, 6.07) is 18.8. The van der Waals surface area contributed by atoms with E-state index in [0.717, 1.165) is 10.8 Å². The maximum atomic E-state index is 13.7. The van der Waals surface area contributed by atoms with Gasteiger partial charge in [0.25, 0.3) is 0 Å². The summed E-state index contributed by atoms with van der Waals surface area (Å²) in [5.41, 5.74) is -1.90. The van der Waals surface area contributed by atoms with Gasteiger partial charge in [0.1, 0.15) is 5.75 Å². The fourth-order valence-corrected chi connectivity index (χ4v) is 4.45. The SMILES string of the molecule is CC(C)(Cn1c(=O)nc(Nc2ccc(Oc3ccccn3)cc2)n(Cc2ccc(Cl)cc2)c1=O)C(=O)NS(C)(=O)=O. The van der Waals surface area contributed by atoms with Crippen LogP contribution in [0.4, 0.5) is 11.6 Å². The number of halogens is 1. The Balaban J connectivity index is 1.68. The molecular formula is C27H27ClN6O6S. The molecule has 0 aliphatic rings. The molecule has 41 heavy (non-hydrogen) atoms. The molecule has 0 aliphatic carbocycles. The van der Waals surface area contributed by atoms with Gasteiger partial charge >= 0.3 is 11.4 Å². The molecule has 0 fully saturated rings.